The van der Waals surface area contributed by atoms with Crippen LogP contribution in [0.5, 0.6) is 0 Å². The molecule has 0 aromatic rings. The predicted octanol–water partition coefficient (Wildman–Crippen LogP) is 4.11. The molecule has 0 bridgehead atoms. The van der Waals surface area contributed by atoms with Crippen molar-refractivity contribution in [3.8, 4) is 0 Å². The van der Waals surface area contributed by atoms with E-state index in [2.05, 4.69) is 31.4 Å². The number of guanidine groups is 1. The van der Waals surface area contributed by atoms with Crippen molar-refractivity contribution in [2.45, 2.75) is 91.1 Å². The summed E-state index contributed by atoms with van der Waals surface area (Å²) in [4.78, 5) is 4.74. The van der Waals surface area contributed by atoms with Crippen LogP contribution in [-0.2, 0) is 4.74 Å². The summed E-state index contributed by atoms with van der Waals surface area (Å²) < 4.78 is 6.06. The molecular formula is C22H45N3O2. The molecule has 5 nitrogen and oxygen atoms in total. The van der Waals surface area contributed by atoms with E-state index >= 15 is 0 Å². The quantitative estimate of drug-likeness (QED) is 0.194. The van der Waals surface area contributed by atoms with Crippen LogP contribution in [0.3, 0.4) is 0 Å². The lowest BCUT2D eigenvalue weighted by Crippen LogP contribution is -2.38. The van der Waals surface area contributed by atoms with E-state index in [0.717, 1.165) is 57.9 Å². The minimum atomic E-state index is 0.248. The number of aliphatic hydroxyl groups is 1. The maximum Gasteiger partial charge on any atom is 0.191 e. The fourth-order valence-electron chi connectivity index (χ4n) is 3.79. The maximum absolute atomic E-state index is 9.26. The number of ether oxygens (including phenoxy) is 1. The fourth-order valence-corrected chi connectivity index (χ4v) is 3.79. The van der Waals surface area contributed by atoms with Crippen LogP contribution < -0.4 is 10.6 Å². The number of nitrogens with zero attached hydrogens (tertiary/aromatic N) is 1. The average Bonchev–Trinajstić information content (AvgIpc) is 2.90. The molecule has 27 heavy (non-hydrogen) atoms. The Labute approximate surface area is 167 Å². The Morgan fingerprint density at radius 1 is 1.11 bits per heavy atom. The van der Waals surface area contributed by atoms with Gasteiger partial charge in [-0.3, -0.25) is 4.99 Å². The largest absolute Gasteiger partial charge is 0.396 e. The zero-order valence-corrected chi connectivity index (χ0v) is 18.1. The first-order valence-corrected chi connectivity index (χ1v) is 11.4. The van der Waals surface area contributed by atoms with Crippen molar-refractivity contribution in [3.05, 3.63) is 0 Å². The molecule has 1 fully saturated rings. The van der Waals surface area contributed by atoms with E-state index in [4.69, 9.17) is 9.73 Å². The lowest BCUT2D eigenvalue weighted by molar-refractivity contribution is 0.0411. The summed E-state index contributed by atoms with van der Waals surface area (Å²) in [5.41, 5.74) is 0. The van der Waals surface area contributed by atoms with E-state index < -0.39 is 0 Å². The number of aliphatic hydroxyl groups excluding tert-OH is 1. The molecule has 1 aliphatic rings. The molecule has 1 unspecified atom stereocenters. The molecule has 0 spiro atoms. The van der Waals surface area contributed by atoms with Gasteiger partial charge in [-0.1, -0.05) is 39.5 Å². The molecule has 1 saturated carbocycles. The van der Waals surface area contributed by atoms with Crippen LogP contribution in [0.4, 0.5) is 0 Å². The summed E-state index contributed by atoms with van der Waals surface area (Å²) >= 11 is 0. The Kier molecular flexibility index (Phi) is 14.5. The first-order chi connectivity index (χ1) is 13.2. The van der Waals surface area contributed by atoms with Gasteiger partial charge in [0.1, 0.15) is 0 Å². The summed E-state index contributed by atoms with van der Waals surface area (Å²) in [7, 11) is 0. The molecule has 0 aliphatic heterocycles. The Bertz CT molecular complexity index is 367. The molecule has 160 valence electrons. The van der Waals surface area contributed by atoms with E-state index in [9.17, 15) is 5.11 Å². The second-order valence-electron chi connectivity index (χ2n) is 8.35. The number of unbranched alkanes of at least 4 members (excludes halogenated alkanes) is 1. The Balaban J connectivity index is 2.22. The van der Waals surface area contributed by atoms with Crippen molar-refractivity contribution >= 4 is 5.96 Å². The van der Waals surface area contributed by atoms with Crippen molar-refractivity contribution in [2.24, 2.45) is 16.8 Å². The van der Waals surface area contributed by atoms with Crippen LogP contribution in [0.1, 0.15) is 85.0 Å². The Morgan fingerprint density at radius 3 is 2.48 bits per heavy atom. The Morgan fingerprint density at radius 2 is 1.85 bits per heavy atom. The number of nitrogens with one attached hydrogen (secondary N) is 2. The monoisotopic (exact) mass is 383 g/mol. The van der Waals surface area contributed by atoms with Crippen molar-refractivity contribution in [2.75, 3.05) is 32.8 Å². The summed E-state index contributed by atoms with van der Waals surface area (Å²) in [5, 5.41) is 16.0. The van der Waals surface area contributed by atoms with E-state index in [0.29, 0.717) is 17.9 Å². The summed E-state index contributed by atoms with van der Waals surface area (Å²) in [6.07, 6.45) is 12.6. The lowest BCUT2D eigenvalue weighted by Gasteiger charge is -2.18. The van der Waals surface area contributed by atoms with Crippen LogP contribution in [0, 0.1) is 11.8 Å². The third-order valence-electron chi connectivity index (χ3n) is 5.21. The van der Waals surface area contributed by atoms with Crippen molar-refractivity contribution in [1.82, 2.24) is 10.6 Å². The van der Waals surface area contributed by atoms with Gasteiger partial charge in [-0.15, -0.1) is 0 Å². The van der Waals surface area contributed by atoms with Crippen LogP contribution in [0.25, 0.3) is 0 Å². The van der Waals surface area contributed by atoms with Crippen molar-refractivity contribution < 1.29 is 9.84 Å². The van der Waals surface area contributed by atoms with Crippen LogP contribution in [0.15, 0.2) is 4.99 Å². The summed E-state index contributed by atoms with van der Waals surface area (Å²) in [6, 6.07) is 0. The fraction of sp³-hybridized carbons (Fsp3) is 0.955. The Hall–Kier alpha value is -0.810. The second-order valence-corrected chi connectivity index (χ2v) is 8.35. The van der Waals surface area contributed by atoms with Crippen LogP contribution in [0.2, 0.25) is 0 Å². The summed E-state index contributed by atoms with van der Waals surface area (Å²) in [6.45, 7) is 10.3. The topological polar surface area (TPSA) is 65.9 Å². The molecule has 1 aliphatic carbocycles. The molecule has 1 rings (SSSR count). The van der Waals surface area contributed by atoms with Gasteiger partial charge >= 0.3 is 0 Å². The zero-order chi connectivity index (χ0) is 19.7. The van der Waals surface area contributed by atoms with Gasteiger partial charge in [0.25, 0.3) is 0 Å². The minimum Gasteiger partial charge on any atom is -0.396 e. The molecule has 0 amide bonds. The number of hydrogen-bond acceptors (Lipinski definition) is 3. The molecule has 0 saturated heterocycles. The molecule has 0 radical (unpaired) electrons. The van der Waals surface area contributed by atoms with Gasteiger partial charge < -0.3 is 20.5 Å². The normalized spacial score (nSPS) is 17.7. The molecule has 0 aromatic carbocycles. The third-order valence-corrected chi connectivity index (χ3v) is 5.21. The average molecular weight is 384 g/mol. The van der Waals surface area contributed by atoms with Gasteiger partial charge in [-0.05, 0) is 57.3 Å². The first-order valence-electron chi connectivity index (χ1n) is 11.4. The molecule has 0 heterocycles. The van der Waals surface area contributed by atoms with Gasteiger partial charge in [0, 0.05) is 32.8 Å². The first kappa shape index (κ1) is 24.2. The molecule has 3 N–H and O–H groups in total. The van der Waals surface area contributed by atoms with Gasteiger partial charge in [-0.25, -0.2) is 0 Å². The number of rotatable bonds is 13. The van der Waals surface area contributed by atoms with Crippen molar-refractivity contribution in [1.29, 1.82) is 0 Å². The van der Waals surface area contributed by atoms with Crippen LogP contribution in [-0.4, -0.2) is 50.0 Å². The lowest BCUT2D eigenvalue weighted by atomic mass is 9.94. The molecular weight excluding hydrogens is 338 g/mol. The highest BCUT2D eigenvalue weighted by Crippen LogP contribution is 2.20. The second kappa shape index (κ2) is 16.2. The van der Waals surface area contributed by atoms with E-state index in [1.165, 1.54) is 38.5 Å². The highest BCUT2D eigenvalue weighted by molar-refractivity contribution is 5.79. The predicted molar refractivity (Wildman–Crippen MR) is 115 cm³/mol. The number of aliphatic imine (C=N–C) groups is 1. The smallest absolute Gasteiger partial charge is 0.191 e. The van der Waals surface area contributed by atoms with Gasteiger partial charge in [0.05, 0.1) is 6.10 Å². The standard InChI is InChI=1S/C22H45N3O2/c1-4-23-22(25-18-20(13-15-26)17-19(2)3)24-14-9-10-16-27-21-11-7-5-6-8-12-21/h19-21,26H,4-18H2,1-3H3,(H2,23,24,25). The third kappa shape index (κ3) is 13.1. The van der Waals surface area contributed by atoms with Gasteiger partial charge in [-0.2, -0.15) is 0 Å². The summed E-state index contributed by atoms with van der Waals surface area (Å²) in [5.74, 6) is 1.99. The highest BCUT2D eigenvalue weighted by Gasteiger charge is 2.12. The minimum absolute atomic E-state index is 0.248. The SMILES string of the molecule is CCNC(=NCC(CCO)CC(C)C)NCCCCOC1CCCCCC1. The zero-order valence-electron chi connectivity index (χ0n) is 18.1. The van der Waals surface area contributed by atoms with E-state index in [-0.39, 0.29) is 6.61 Å². The molecule has 0 aromatic heterocycles. The molecule has 5 heteroatoms. The highest BCUT2D eigenvalue weighted by atomic mass is 16.5. The van der Waals surface area contributed by atoms with E-state index in [1.54, 1.807) is 0 Å². The van der Waals surface area contributed by atoms with Crippen molar-refractivity contribution in [3.63, 3.8) is 0 Å². The van der Waals surface area contributed by atoms with E-state index in [1.807, 2.05) is 0 Å². The molecule has 1 atom stereocenters. The number of hydrogen-bond donors (Lipinski definition) is 3. The van der Waals surface area contributed by atoms with Gasteiger partial charge in [0.15, 0.2) is 5.96 Å². The maximum atomic E-state index is 9.26. The van der Waals surface area contributed by atoms with Gasteiger partial charge in [0.2, 0.25) is 0 Å². The van der Waals surface area contributed by atoms with Crippen LogP contribution >= 0.6 is 0 Å².